The molecule has 0 aliphatic heterocycles. The topological polar surface area (TPSA) is 12.0 Å². The zero-order chi connectivity index (χ0) is 11.5. The molecule has 1 heteroatoms. The summed E-state index contributed by atoms with van der Waals surface area (Å²) in [6.45, 7) is 13.0. The molecule has 1 aliphatic carbocycles. The highest BCUT2D eigenvalue weighted by atomic mass is 14.9. The van der Waals surface area contributed by atoms with Crippen molar-refractivity contribution in [2.45, 2.75) is 66.3 Å². The molecule has 1 fully saturated rings. The summed E-state index contributed by atoms with van der Waals surface area (Å²) >= 11 is 0. The Kier molecular flexibility index (Phi) is 4.64. The molecule has 1 saturated carbocycles. The quantitative estimate of drug-likeness (QED) is 0.745. The average molecular weight is 211 g/mol. The molecule has 1 aliphatic rings. The summed E-state index contributed by atoms with van der Waals surface area (Å²) in [5.41, 5.74) is 0.461. The number of hydrogen-bond acceptors (Lipinski definition) is 1. The van der Waals surface area contributed by atoms with Gasteiger partial charge >= 0.3 is 0 Å². The van der Waals surface area contributed by atoms with Gasteiger partial charge in [0, 0.05) is 12.6 Å². The Hall–Kier alpha value is -0.0400. The second-order valence-electron chi connectivity index (χ2n) is 6.40. The molecule has 0 bridgehead atoms. The molecule has 0 amide bonds. The zero-order valence-corrected chi connectivity index (χ0v) is 11.3. The highest BCUT2D eigenvalue weighted by Crippen LogP contribution is 2.29. The molecule has 0 aromatic rings. The van der Waals surface area contributed by atoms with Crippen molar-refractivity contribution in [2.24, 2.45) is 17.3 Å². The maximum atomic E-state index is 3.78. The molecule has 1 nitrogen and oxygen atoms in total. The first-order valence-corrected chi connectivity index (χ1v) is 6.68. The van der Waals surface area contributed by atoms with Crippen molar-refractivity contribution in [3.05, 3.63) is 0 Å². The molecule has 3 atom stereocenters. The molecule has 90 valence electrons. The molecule has 0 heterocycles. The summed E-state index contributed by atoms with van der Waals surface area (Å²) in [5, 5.41) is 3.78. The van der Waals surface area contributed by atoms with Crippen molar-refractivity contribution < 1.29 is 0 Å². The molecule has 15 heavy (non-hydrogen) atoms. The van der Waals surface area contributed by atoms with Gasteiger partial charge in [-0.2, -0.15) is 0 Å². The summed E-state index contributed by atoms with van der Waals surface area (Å²) in [7, 11) is 0. The lowest BCUT2D eigenvalue weighted by Gasteiger charge is -2.35. The third kappa shape index (κ3) is 4.14. The van der Waals surface area contributed by atoms with E-state index in [0.717, 1.165) is 17.9 Å². The molecule has 3 unspecified atom stereocenters. The van der Waals surface area contributed by atoms with Gasteiger partial charge in [-0.15, -0.1) is 0 Å². The van der Waals surface area contributed by atoms with E-state index in [1.165, 1.54) is 32.2 Å². The fourth-order valence-electron chi connectivity index (χ4n) is 2.50. The second-order valence-corrected chi connectivity index (χ2v) is 6.40. The van der Waals surface area contributed by atoms with E-state index < -0.39 is 0 Å². The summed E-state index contributed by atoms with van der Waals surface area (Å²) in [6.07, 6.45) is 5.46. The first kappa shape index (κ1) is 13.0. The smallest absolute Gasteiger partial charge is 0.00931 e. The lowest BCUT2D eigenvalue weighted by Crippen LogP contribution is -2.43. The number of hydrogen-bond donors (Lipinski definition) is 1. The minimum atomic E-state index is 0.461. The van der Waals surface area contributed by atoms with E-state index in [1.54, 1.807) is 0 Å². The monoisotopic (exact) mass is 211 g/mol. The molecule has 1 N–H and O–H groups in total. The predicted octanol–water partition coefficient (Wildman–Crippen LogP) is 3.84. The zero-order valence-electron chi connectivity index (χ0n) is 11.3. The SMILES string of the molecule is CCC(C)(C)CNC1CCC(C)CC1C. The molecule has 0 saturated heterocycles. The van der Waals surface area contributed by atoms with E-state index in [0.29, 0.717) is 5.41 Å². The van der Waals surface area contributed by atoms with Crippen LogP contribution in [0.2, 0.25) is 0 Å². The first-order chi connectivity index (χ1) is 6.94. The van der Waals surface area contributed by atoms with E-state index in [1.807, 2.05) is 0 Å². The van der Waals surface area contributed by atoms with E-state index >= 15 is 0 Å². The van der Waals surface area contributed by atoms with Gasteiger partial charge in [-0.1, -0.05) is 34.6 Å². The van der Waals surface area contributed by atoms with E-state index in [4.69, 9.17) is 0 Å². The Bertz CT molecular complexity index is 186. The third-order valence-electron chi connectivity index (χ3n) is 4.23. The second kappa shape index (κ2) is 5.34. The lowest BCUT2D eigenvalue weighted by molar-refractivity contribution is 0.203. The molecule has 1 rings (SSSR count). The Labute approximate surface area is 96.0 Å². The van der Waals surface area contributed by atoms with Crippen LogP contribution >= 0.6 is 0 Å². The minimum Gasteiger partial charge on any atom is -0.313 e. The van der Waals surface area contributed by atoms with Crippen LogP contribution in [-0.2, 0) is 0 Å². The predicted molar refractivity (Wildman–Crippen MR) is 68.0 cm³/mol. The van der Waals surface area contributed by atoms with E-state index in [-0.39, 0.29) is 0 Å². The minimum absolute atomic E-state index is 0.461. The van der Waals surface area contributed by atoms with Gasteiger partial charge in [0.05, 0.1) is 0 Å². The van der Waals surface area contributed by atoms with Gasteiger partial charge < -0.3 is 5.32 Å². The maximum absolute atomic E-state index is 3.78. The van der Waals surface area contributed by atoms with E-state index in [9.17, 15) is 0 Å². The van der Waals surface area contributed by atoms with Crippen LogP contribution in [0.15, 0.2) is 0 Å². The van der Waals surface area contributed by atoms with Crippen LogP contribution in [0.3, 0.4) is 0 Å². The van der Waals surface area contributed by atoms with Crippen LogP contribution in [-0.4, -0.2) is 12.6 Å². The standard InChI is InChI=1S/C14H29N/c1-6-14(4,5)10-15-13-8-7-11(2)9-12(13)3/h11-13,15H,6-10H2,1-5H3. The van der Waals surface area contributed by atoms with Gasteiger partial charge in [0.25, 0.3) is 0 Å². The maximum Gasteiger partial charge on any atom is 0.00931 e. The Morgan fingerprint density at radius 1 is 1.20 bits per heavy atom. The number of rotatable bonds is 4. The van der Waals surface area contributed by atoms with Crippen molar-refractivity contribution in [3.8, 4) is 0 Å². The Balaban J connectivity index is 2.33. The van der Waals surface area contributed by atoms with Crippen LogP contribution < -0.4 is 5.32 Å². The summed E-state index contributed by atoms with van der Waals surface area (Å²) in [5.74, 6) is 1.80. The fourth-order valence-corrected chi connectivity index (χ4v) is 2.50. The highest BCUT2D eigenvalue weighted by Gasteiger charge is 2.26. The lowest BCUT2D eigenvalue weighted by atomic mass is 9.79. The molecule has 0 aromatic carbocycles. The van der Waals surface area contributed by atoms with Crippen molar-refractivity contribution in [1.29, 1.82) is 0 Å². The molecule has 0 radical (unpaired) electrons. The van der Waals surface area contributed by atoms with Crippen molar-refractivity contribution in [3.63, 3.8) is 0 Å². The van der Waals surface area contributed by atoms with Gasteiger partial charge in [-0.3, -0.25) is 0 Å². The van der Waals surface area contributed by atoms with Crippen molar-refractivity contribution in [1.82, 2.24) is 5.32 Å². The first-order valence-electron chi connectivity index (χ1n) is 6.68. The van der Waals surface area contributed by atoms with Crippen LogP contribution in [0.25, 0.3) is 0 Å². The van der Waals surface area contributed by atoms with Crippen LogP contribution in [0.1, 0.15) is 60.3 Å². The fraction of sp³-hybridized carbons (Fsp3) is 1.00. The van der Waals surface area contributed by atoms with E-state index in [2.05, 4.69) is 39.9 Å². The number of nitrogens with one attached hydrogen (secondary N) is 1. The highest BCUT2D eigenvalue weighted by molar-refractivity contribution is 4.83. The Morgan fingerprint density at radius 2 is 1.87 bits per heavy atom. The molecule has 0 aromatic heterocycles. The van der Waals surface area contributed by atoms with Gasteiger partial charge in [-0.25, -0.2) is 0 Å². The van der Waals surface area contributed by atoms with Crippen molar-refractivity contribution in [2.75, 3.05) is 6.54 Å². The van der Waals surface area contributed by atoms with Crippen molar-refractivity contribution >= 4 is 0 Å². The third-order valence-corrected chi connectivity index (χ3v) is 4.23. The van der Waals surface area contributed by atoms with Gasteiger partial charge in [0.2, 0.25) is 0 Å². The van der Waals surface area contributed by atoms with Gasteiger partial charge in [0.1, 0.15) is 0 Å². The van der Waals surface area contributed by atoms with Crippen LogP contribution in [0, 0.1) is 17.3 Å². The van der Waals surface area contributed by atoms with Crippen LogP contribution in [0.4, 0.5) is 0 Å². The van der Waals surface area contributed by atoms with Gasteiger partial charge in [0.15, 0.2) is 0 Å². The normalized spacial score (nSPS) is 33.0. The largest absolute Gasteiger partial charge is 0.313 e. The van der Waals surface area contributed by atoms with Gasteiger partial charge in [-0.05, 0) is 42.9 Å². The summed E-state index contributed by atoms with van der Waals surface area (Å²) < 4.78 is 0. The van der Waals surface area contributed by atoms with Crippen LogP contribution in [0.5, 0.6) is 0 Å². The summed E-state index contributed by atoms with van der Waals surface area (Å²) in [4.78, 5) is 0. The summed E-state index contributed by atoms with van der Waals surface area (Å²) in [6, 6.07) is 0.770. The molecular weight excluding hydrogens is 182 g/mol. The average Bonchev–Trinajstić information content (AvgIpc) is 2.16. The Morgan fingerprint density at radius 3 is 2.40 bits per heavy atom. The molecular formula is C14H29N. The molecule has 0 spiro atoms.